The minimum absolute atomic E-state index is 0.0157. The molecular formula is C11H23NOSi. The summed E-state index contributed by atoms with van der Waals surface area (Å²) >= 11 is 0. The maximum absolute atomic E-state index is 11.1. The van der Waals surface area contributed by atoms with Crippen LogP contribution in [0.1, 0.15) is 19.8 Å². The van der Waals surface area contributed by atoms with Crippen LogP contribution in [0.25, 0.3) is 0 Å². The number of nitrogens with one attached hydrogen (secondary N) is 1. The van der Waals surface area contributed by atoms with Gasteiger partial charge in [-0.25, -0.2) is 0 Å². The smallest absolute Gasteiger partial charge is 0.246 e. The first kappa shape index (κ1) is 13.4. The maximum Gasteiger partial charge on any atom is 0.246 e. The lowest BCUT2D eigenvalue weighted by molar-refractivity contribution is -0.117. The van der Waals surface area contributed by atoms with Crippen LogP contribution in [0, 0.1) is 0 Å². The molecule has 0 aliphatic rings. The van der Waals surface area contributed by atoms with E-state index in [1.54, 1.807) is 6.92 Å². The SMILES string of the molecule is C=C(C)C(=O)NCCCC[Si](C)(C)C. The van der Waals surface area contributed by atoms with Gasteiger partial charge in [0.2, 0.25) is 5.91 Å². The molecule has 0 aliphatic heterocycles. The van der Waals surface area contributed by atoms with E-state index >= 15 is 0 Å². The van der Waals surface area contributed by atoms with Crippen LogP contribution in [0.4, 0.5) is 0 Å². The van der Waals surface area contributed by atoms with Gasteiger partial charge in [0.25, 0.3) is 0 Å². The number of amides is 1. The standard InChI is InChI=1S/C11H23NOSi/c1-10(2)11(13)12-8-6-7-9-14(3,4)5/h1,6-9H2,2-5H3,(H,12,13). The highest BCUT2D eigenvalue weighted by molar-refractivity contribution is 6.76. The molecule has 0 aliphatic carbocycles. The molecule has 0 aromatic heterocycles. The molecule has 0 radical (unpaired) electrons. The Morgan fingerprint density at radius 2 is 1.86 bits per heavy atom. The zero-order valence-electron chi connectivity index (χ0n) is 9.94. The van der Waals surface area contributed by atoms with Gasteiger partial charge in [0, 0.05) is 20.2 Å². The first-order valence-corrected chi connectivity index (χ1v) is 8.97. The summed E-state index contributed by atoms with van der Waals surface area (Å²) < 4.78 is 0. The Kier molecular flexibility index (Phi) is 5.77. The lowest BCUT2D eigenvalue weighted by atomic mass is 10.3. The fraction of sp³-hybridized carbons (Fsp3) is 0.727. The summed E-state index contributed by atoms with van der Waals surface area (Å²) in [5, 5.41) is 2.85. The van der Waals surface area contributed by atoms with Crippen molar-refractivity contribution >= 4 is 14.0 Å². The van der Waals surface area contributed by atoms with E-state index < -0.39 is 8.07 Å². The molecule has 0 spiro atoms. The van der Waals surface area contributed by atoms with Crippen molar-refractivity contribution in [1.29, 1.82) is 0 Å². The first-order valence-electron chi connectivity index (χ1n) is 5.26. The van der Waals surface area contributed by atoms with Crippen molar-refractivity contribution in [3.8, 4) is 0 Å². The molecule has 0 unspecified atom stereocenters. The van der Waals surface area contributed by atoms with Gasteiger partial charge in [-0.3, -0.25) is 4.79 Å². The molecule has 82 valence electrons. The van der Waals surface area contributed by atoms with E-state index in [2.05, 4.69) is 31.5 Å². The highest BCUT2D eigenvalue weighted by Gasteiger charge is 2.11. The van der Waals surface area contributed by atoms with Crippen LogP contribution in [0.15, 0.2) is 12.2 Å². The van der Waals surface area contributed by atoms with Gasteiger partial charge in [-0.15, -0.1) is 0 Å². The lowest BCUT2D eigenvalue weighted by Crippen LogP contribution is -2.25. The van der Waals surface area contributed by atoms with Crippen molar-refractivity contribution in [3.05, 3.63) is 12.2 Å². The Labute approximate surface area is 88.8 Å². The molecule has 0 fully saturated rings. The zero-order valence-corrected chi connectivity index (χ0v) is 10.9. The largest absolute Gasteiger partial charge is 0.352 e. The van der Waals surface area contributed by atoms with E-state index in [9.17, 15) is 4.79 Å². The molecule has 0 heterocycles. The zero-order chi connectivity index (χ0) is 11.2. The maximum atomic E-state index is 11.1. The van der Waals surface area contributed by atoms with Gasteiger partial charge in [0.15, 0.2) is 0 Å². The number of unbranched alkanes of at least 4 members (excludes halogenated alkanes) is 1. The Morgan fingerprint density at radius 1 is 1.29 bits per heavy atom. The number of carbonyl (C=O) groups is 1. The lowest BCUT2D eigenvalue weighted by Gasteiger charge is -2.15. The average molecular weight is 213 g/mol. The van der Waals surface area contributed by atoms with Crippen molar-refractivity contribution in [2.45, 2.75) is 45.5 Å². The second kappa shape index (κ2) is 6.01. The highest BCUT2D eigenvalue weighted by Crippen LogP contribution is 2.12. The van der Waals surface area contributed by atoms with Gasteiger partial charge < -0.3 is 5.32 Å². The summed E-state index contributed by atoms with van der Waals surface area (Å²) in [4.78, 5) is 11.1. The Morgan fingerprint density at radius 3 is 2.29 bits per heavy atom. The highest BCUT2D eigenvalue weighted by atomic mass is 28.3. The summed E-state index contributed by atoms with van der Waals surface area (Å²) in [5.41, 5.74) is 0.593. The first-order chi connectivity index (χ1) is 6.33. The van der Waals surface area contributed by atoms with Crippen molar-refractivity contribution in [2.75, 3.05) is 6.54 Å². The monoisotopic (exact) mass is 213 g/mol. The summed E-state index contributed by atoms with van der Waals surface area (Å²) in [6, 6.07) is 1.34. The van der Waals surface area contributed by atoms with Crippen LogP contribution in [-0.2, 0) is 4.79 Å². The van der Waals surface area contributed by atoms with E-state index in [1.807, 2.05) is 0 Å². The minimum atomic E-state index is -0.886. The topological polar surface area (TPSA) is 29.1 Å². The molecule has 0 rings (SSSR count). The Hall–Kier alpha value is -0.573. The second-order valence-electron chi connectivity index (χ2n) is 5.05. The molecule has 0 aromatic rings. The van der Waals surface area contributed by atoms with Gasteiger partial charge in [-0.05, 0) is 13.3 Å². The van der Waals surface area contributed by atoms with Gasteiger partial charge in [0.05, 0.1) is 0 Å². The number of carbonyl (C=O) groups excluding carboxylic acids is 1. The molecule has 1 amide bonds. The van der Waals surface area contributed by atoms with Gasteiger partial charge in [-0.1, -0.05) is 38.7 Å². The van der Waals surface area contributed by atoms with E-state index in [-0.39, 0.29) is 5.91 Å². The summed E-state index contributed by atoms with van der Waals surface area (Å²) in [7, 11) is -0.886. The fourth-order valence-corrected chi connectivity index (χ4v) is 2.44. The van der Waals surface area contributed by atoms with Crippen molar-refractivity contribution in [2.24, 2.45) is 0 Å². The van der Waals surface area contributed by atoms with Crippen molar-refractivity contribution in [3.63, 3.8) is 0 Å². The number of rotatable bonds is 6. The molecule has 0 bridgehead atoms. The third-order valence-corrected chi connectivity index (χ3v) is 3.88. The third kappa shape index (κ3) is 8.04. The van der Waals surface area contributed by atoms with E-state index in [0.29, 0.717) is 5.57 Å². The van der Waals surface area contributed by atoms with E-state index in [4.69, 9.17) is 0 Å². The molecule has 14 heavy (non-hydrogen) atoms. The van der Waals surface area contributed by atoms with Gasteiger partial charge in [0.1, 0.15) is 0 Å². The predicted octanol–water partition coefficient (Wildman–Crippen LogP) is 2.80. The summed E-state index contributed by atoms with van der Waals surface area (Å²) in [6.45, 7) is 13.2. The van der Waals surface area contributed by atoms with Crippen LogP contribution >= 0.6 is 0 Å². The molecule has 0 saturated carbocycles. The molecule has 0 saturated heterocycles. The second-order valence-corrected chi connectivity index (χ2v) is 10.7. The Bertz CT molecular complexity index is 206. The third-order valence-electron chi connectivity index (χ3n) is 2.03. The number of hydrogen-bond acceptors (Lipinski definition) is 1. The molecular weight excluding hydrogens is 190 g/mol. The summed E-state index contributed by atoms with van der Waals surface area (Å²) in [6.07, 6.45) is 2.31. The van der Waals surface area contributed by atoms with Crippen LogP contribution in [0.2, 0.25) is 25.7 Å². The minimum Gasteiger partial charge on any atom is -0.352 e. The quantitative estimate of drug-likeness (QED) is 0.410. The van der Waals surface area contributed by atoms with Crippen LogP contribution in [0.3, 0.4) is 0 Å². The molecule has 3 heteroatoms. The van der Waals surface area contributed by atoms with Crippen molar-refractivity contribution < 1.29 is 4.79 Å². The van der Waals surface area contributed by atoms with E-state index in [0.717, 1.165) is 13.0 Å². The average Bonchev–Trinajstić information content (AvgIpc) is 2.01. The molecule has 0 atom stereocenters. The fourth-order valence-electron chi connectivity index (χ4n) is 1.13. The van der Waals surface area contributed by atoms with Crippen molar-refractivity contribution in [1.82, 2.24) is 5.32 Å². The molecule has 1 N–H and O–H groups in total. The molecule has 0 aromatic carbocycles. The van der Waals surface area contributed by atoms with Gasteiger partial charge >= 0.3 is 0 Å². The van der Waals surface area contributed by atoms with Gasteiger partial charge in [-0.2, -0.15) is 0 Å². The number of hydrogen-bond donors (Lipinski definition) is 1. The predicted molar refractivity (Wildman–Crippen MR) is 65.2 cm³/mol. The van der Waals surface area contributed by atoms with Crippen LogP contribution in [-0.4, -0.2) is 20.5 Å². The normalized spacial score (nSPS) is 11.1. The van der Waals surface area contributed by atoms with E-state index in [1.165, 1.54) is 12.5 Å². The molecule has 2 nitrogen and oxygen atoms in total. The summed E-state index contributed by atoms with van der Waals surface area (Å²) in [5.74, 6) is -0.0157. The van der Waals surface area contributed by atoms with Crippen LogP contribution < -0.4 is 5.32 Å². The van der Waals surface area contributed by atoms with Crippen LogP contribution in [0.5, 0.6) is 0 Å². The Balaban J connectivity index is 3.39.